The molecule has 1 saturated heterocycles. The van der Waals surface area contributed by atoms with Gasteiger partial charge >= 0.3 is 0 Å². The van der Waals surface area contributed by atoms with Gasteiger partial charge in [0.15, 0.2) is 0 Å². The Kier molecular flexibility index (Phi) is 5.67. The second-order valence-electron chi connectivity index (χ2n) is 4.92. The second kappa shape index (κ2) is 7.51. The van der Waals surface area contributed by atoms with Gasteiger partial charge in [-0.1, -0.05) is 23.7 Å². The van der Waals surface area contributed by atoms with E-state index in [0.29, 0.717) is 13.0 Å². The number of hydrogen-bond acceptors (Lipinski definition) is 2. The van der Waals surface area contributed by atoms with E-state index in [-0.39, 0.29) is 12.0 Å². The van der Waals surface area contributed by atoms with E-state index < -0.39 is 0 Å². The van der Waals surface area contributed by atoms with Crippen LogP contribution in [0.4, 0.5) is 0 Å². The van der Waals surface area contributed by atoms with Crippen LogP contribution in [0.1, 0.15) is 31.2 Å². The summed E-state index contributed by atoms with van der Waals surface area (Å²) in [5, 5.41) is 3.67. The van der Waals surface area contributed by atoms with Gasteiger partial charge in [-0.05, 0) is 43.4 Å². The van der Waals surface area contributed by atoms with Gasteiger partial charge in [0, 0.05) is 18.2 Å². The minimum atomic E-state index is 0.0777. The number of benzene rings is 1. The summed E-state index contributed by atoms with van der Waals surface area (Å²) in [5.74, 6) is 0.0777. The van der Waals surface area contributed by atoms with Crippen LogP contribution in [-0.4, -0.2) is 25.2 Å². The first-order valence-corrected chi connectivity index (χ1v) is 7.24. The summed E-state index contributed by atoms with van der Waals surface area (Å²) in [6, 6.07) is 7.72. The molecule has 0 saturated carbocycles. The molecule has 1 atom stereocenters. The van der Waals surface area contributed by atoms with Crippen molar-refractivity contribution >= 4 is 17.5 Å². The molecule has 19 heavy (non-hydrogen) atoms. The molecular formula is C15H20ClNO2. The van der Waals surface area contributed by atoms with E-state index in [9.17, 15) is 4.79 Å². The van der Waals surface area contributed by atoms with Gasteiger partial charge in [0.25, 0.3) is 0 Å². The molecule has 1 N–H and O–H groups in total. The molecule has 0 aliphatic carbocycles. The fraction of sp³-hybridized carbons (Fsp3) is 0.533. The van der Waals surface area contributed by atoms with Gasteiger partial charge in [0.1, 0.15) is 0 Å². The van der Waals surface area contributed by atoms with E-state index in [1.54, 1.807) is 0 Å². The highest BCUT2D eigenvalue weighted by Gasteiger charge is 2.17. The Morgan fingerprint density at radius 3 is 3.05 bits per heavy atom. The van der Waals surface area contributed by atoms with Crippen molar-refractivity contribution in [2.24, 2.45) is 0 Å². The summed E-state index contributed by atoms with van der Waals surface area (Å²) in [6.45, 7) is 1.44. The monoisotopic (exact) mass is 281 g/mol. The molecule has 1 aromatic carbocycles. The molecule has 1 amide bonds. The number of hydrogen-bond donors (Lipinski definition) is 1. The number of amides is 1. The molecule has 4 heteroatoms. The standard InChI is InChI=1S/C15H20ClNO2/c16-13-5-3-4-12(10-13)7-8-17-15(18)11-14-6-1-2-9-19-14/h3-5,10,14H,1-2,6-9,11H2,(H,17,18). The summed E-state index contributed by atoms with van der Waals surface area (Å²) in [4.78, 5) is 11.8. The smallest absolute Gasteiger partial charge is 0.222 e. The van der Waals surface area contributed by atoms with E-state index in [1.165, 1.54) is 6.42 Å². The average molecular weight is 282 g/mol. The lowest BCUT2D eigenvalue weighted by atomic mass is 10.1. The molecule has 1 heterocycles. The molecule has 2 rings (SSSR count). The quantitative estimate of drug-likeness (QED) is 0.901. The topological polar surface area (TPSA) is 38.3 Å². The van der Waals surface area contributed by atoms with E-state index in [0.717, 1.165) is 36.5 Å². The molecule has 1 aromatic rings. The summed E-state index contributed by atoms with van der Waals surface area (Å²) < 4.78 is 5.55. The predicted molar refractivity (Wildman–Crippen MR) is 76.4 cm³/mol. The highest BCUT2D eigenvalue weighted by atomic mass is 35.5. The number of rotatable bonds is 5. The third-order valence-electron chi connectivity index (χ3n) is 3.31. The van der Waals surface area contributed by atoms with Crippen LogP contribution in [0.25, 0.3) is 0 Å². The van der Waals surface area contributed by atoms with E-state index >= 15 is 0 Å². The maximum Gasteiger partial charge on any atom is 0.222 e. The van der Waals surface area contributed by atoms with Gasteiger partial charge in [-0.2, -0.15) is 0 Å². The molecule has 3 nitrogen and oxygen atoms in total. The number of carbonyl (C=O) groups is 1. The number of nitrogens with one attached hydrogen (secondary N) is 1. The Morgan fingerprint density at radius 2 is 2.32 bits per heavy atom. The molecule has 104 valence electrons. The third kappa shape index (κ3) is 5.21. The van der Waals surface area contributed by atoms with Crippen molar-refractivity contribution in [3.8, 4) is 0 Å². The first-order valence-electron chi connectivity index (χ1n) is 6.87. The van der Waals surface area contributed by atoms with Crippen LogP contribution < -0.4 is 5.32 Å². The fourth-order valence-electron chi connectivity index (χ4n) is 2.29. The molecule has 0 aromatic heterocycles. The van der Waals surface area contributed by atoms with Gasteiger partial charge in [0.05, 0.1) is 12.5 Å². The zero-order valence-electron chi connectivity index (χ0n) is 11.0. The van der Waals surface area contributed by atoms with Crippen molar-refractivity contribution in [2.75, 3.05) is 13.2 Å². The molecule has 1 aliphatic heterocycles. The molecule has 0 spiro atoms. The Labute approximate surface area is 119 Å². The van der Waals surface area contributed by atoms with Crippen molar-refractivity contribution < 1.29 is 9.53 Å². The zero-order valence-corrected chi connectivity index (χ0v) is 11.8. The lowest BCUT2D eigenvalue weighted by molar-refractivity contribution is -0.124. The first-order chi connectivity index (χ1) is 9.24. The Hall–Kier alpha value is -1.06. The zero-order chi connectivity index (χ0) is 13.5. The van der Waals surface area contributed by atoms with Crippen LogP contribution in [0, 0.1) is 0 Å². The van der Waals surface area contributed by atoms with Crippen LogP contribution in [0.2, 0.25) is 5.02 Å². The Morgan fingerprint density at radius 1 is 1.42 bits per heavy atom. The number of ether oxygens (including phenoxy) is 1. The lowest BCUT2D eigenvalue weighted by Crippen LogP contribution is -2.31. The van der Waals surface area contributed by atoms with Gasteiger partial charge < -0.3 is 10.1 Å². The Bertz CT molecular complexity index is 416. The minimum Gasteiger partial charge on any atom is -0.378 e. The molecule has 0 radical (unpaired) electrons. The summed E-state index contributed by atoms with van der Waals surface area (Å²) in [5.41, 5.74) is 1.14. The van der Waals surface area contributed by atoms with Crippen LogP contribution in [0.15, 0.2) is 24.3 Å². The molecule has 1 aliphatic rings. The highest BCUT2D eigenvalue weighted by Crippen LogP contribution is 2.15. The number of halogens is 1. The van der Waals surface area contributed by atoms with Crippen molar-refractivity contribution in [1.82, 2.24) is 5.32 Å². The fourth-order valence-corrected chi connectivity index (χ4v) is 2.50. The molecule has 1 unspecified atom stereocenters. The second-order valence-corrected chi connectivity index (χ2v) is 5.36. The average Bonchev–Trinajstić information content (AvgIpc) is 2.40. The van der Waals surface area contributed by atoms with Gasteiger partial charge in [-0.15, -0.1) is 0 Å². The van der Waals surface area contributed by atoms with Crippen LogP contribution in [0.3, 0.4) is 0 Å². The highest BCUT2D eigenvalue weighted by molar-refractivity contribution is 6.30. The Balaban J connectivity index is 1.66. The van der Waals surface area contributed by atoms with Gasteiger partial charge in [-0.3, -0.25) is 4.79 Å². The minimum absolute atomic E-state index is 0.0777. The molecular weight excluding hydrogens is 262 g/mol. The van der Waals surface area contributed by atoms with Crippen molar-refractivity contribution in [1.29, 1.82) is 0 Å². The lowest BCUT2D eigenvalue weighted by Gasteiger charge is -2.21. The van der Waals surface area contributed by atoms with Crippen molar-refractivity contribution in [3.05, 3.63) is 34.9 Å². The summed E-state index contributed by atoms with van der Waals surface area (Å²) in [6.07, 6.45) is 4.68. The van der Waals surface area contributed by atoms with Gasteiger partial charge in [0.2, 0.25) is 5.91 Å². The molecule has 1 fully saturated rings. The SMILES string of the molecule is O=C(CC1CCCCO1)NCCc1cccc(Cl)c1. The largest absolute Gasteiger partial charge is 0.378 e. The normalized spacial score (nSPS) is 19.1. The first kappa shape index (κ1) is 14.4. The summed E-state index contributed by atoms with van der Waals surface area (Å²) >= 11 is 5.91. The van der Waals surface area contributed by atoms with Gasteiger partial charge in [-0.25, -0.2) is 0 Å². The number of carbonyl (C=O) groups excluding carboxylic acids is 1. The van der Waals surface area contributed by atoms with E-state index in [1.807, 2.05) is 24.3 Å². The van der Waals surface area contributed by atoms with Crippen molar-refractivity contribution in [3.63, 3.8) is 0 Å². The summed E-state index contributed by atoms with van der Waals surface area (Å²) in [7, 11) is 0. The predicted octanol–water partition coefficient (Wildman–Crippen LogP) is 2.96. The van der Waals surface area contributed by atoms with Crippen LogP contribution in [0.5, 0.6) is 0 Å². The maximum atomic E-state index is 11.8. The van der Waals surface area contributed by atoms with E-state index in [4.69, 9.17) is 16.3 Å². The third-order valence-corrected chi connectivity index (χ3v) is 3.55. The molecule has 0 bridgehead atoms. The van der Waals surface area contributed by atoms with Crippen LogP contribution >= 0.6 is 11.6 Å². The van der Waals surface area contributed by atoms with Crippen LogP contribution in [-0.2, 0) is 16.0 Å². The maximum absolute atomic E-state index is 11.8. The van der Waals surface area contributed by atoms with E-state index in [2.05, 4.69) is 5.32 Å². The van der Waals surface area contributed by atoms with Crippen molar-refractivity contribution in [2.45, 2.75) is 38.2 Å².